The SMILES string of the molecule is FC(F)(F)C1=NC(=S)N=C1.N. The molecule has 0 fully saturated rings. The van der Waals surface area contributed by atoms with Crippen molar-refractivity contribution in [3.63, 3.8) is 0 Å². The third kappa shape index (κ3) is 2.35. The van der Waals surface area contributed by atoms with Crippen LogP contribution in [0.1, 0.15) is 0 Å². The van der Waals surface area contributed by atoms with Crippen molar-refractivity contribution >= 4 is 29.3 Å². The smallest absolute Gasteiger partial charge is 0.344 e. The molecule has 0 unspecified atom stereocenters. The van der Waals surface area contributed by atoms with E-state index in [1.165, 1.54) is 0 Å². The van der Waals surface area contributed by atoms with Crippen LogP contribution in [0.5, 0.6) is 0 Å². The lowest BCUT2D eigenvalue weighted by atomic mass is 10.4. The van der Waals surface area contributed by atoms with E-state index in [2.05, 4.69) is 22.2 Å². The molecule has 0 spiro atoms. The summed E-state index contributed by atoms with van der Waals surface area (Å²) in [5.74, 6) is 0. The number of hydrogen-bond acceptors (Lipinski definition) is 2. The highest BCUT2D eigenvalue weighted by atomic mass is 32.1. The maximum atomic E-state index is 11.7. The standard InChI is InChI=1S/C4HF3N2S.H3N/c5-4(6,7)2-1-8-3(10)9-2;/h1H;1H3. The van der Waals surface area contributed by atoms with Gasteiger partial charge < -0.3 is 6.15 Å². The van der Waals surface area contributed by atoms with Crippen molar-refractivity contribution in [3.8, 4) is 0 Å². The highest BCUT2D eigenvalue weighted by Crippen LogP contribution is 2.18. The Bertz CT molecular complexity index is 229. The molecular formula is C4H4F3N3S. The fourth-order valence-corrected chi connectivity index (χ4v) is 0.565. The van der Waals surface area contributed by atoms with Crippen molar-refractivity contribution < 1.29 is 13.2 Å². The van der Waals surface area contributed by atoms with E-state index in [4.69, 9.17) is 0 Å². The molecule has 3 N–H and O–H groups in total. The maximum Gasteiger partial charge on any atom is 0.435 e. The normalized spacial score (nSPS) is 16.3. The third-order valence-corrected chi connectivity index (χ3v) is 1.00. The highest BCUT2D eigenvalue weighted by molar-refractivity contribution is 7.80. The average molecular weight is 183 g/mol. The van der Waals surface area contributed by atoms with Crippen LogP contribution >= 0.6 is 12.2 Å². The number of rotatable bonds is 0. The fraction of sp³-hybridized carbons (Fsp3) is 0.250. The molecule has 0 aromatic heterocycles. The Labute approximate surface area is 65.6 Å². The van der Waals surface area contributed by atoms with Crippen molar-refractivity contribution in [2.45, 2.75) is 6.18 Å². The van der Waals surface area contributed by atoms with Gasteiger partial charge in [0.15, 0.2) is 5.71 Å². The number of nitrogens with zero attached hydrogens (tertiary/aromatic N) is 2. The van der Waals surface area contributed by atoms with Gasteiger partial charge in [0.25, 0.3) is 0 Å². The van der Waals surface area contributed by atoms with Gasteiger partial charge in [-0.2, -0.15) is 13.2 Å². The second-order valence-corrected chi connectivity index (χ2v) is 1.90. The van der Waals surface area contributed by atoms with E-state index in [1.807, 2.05) is 0 Å². The van der Waals surface area contributed by atoms with Crippen LogP contribution in [-0.4, -0.2) is 23.2 Å². The van der Waals surface area contributed by atoms with Crippen molar-refractivity contribution in [3.05, 3.63) is 0 Å². The zero-order chi connectivity index (χ0) is 7.78. The largest absolute Gasteiger partial charge is 0.435 e. The van der Waals surface area contributed by atoms with Crippen LogP contribution in [-0.2, 0) is 0 Å². The molecule has 1 rings (SSSR count). The van der Waals surface area contributed by atoms with Crippen LogP contribution in [0, 0.1) is 0 Å². The van der Waals surface area contributed by atoms with E-state index in [0.717, 1.165) is 0 Å². The summed E-state index contributed by atoms with van der Waals surface area (Å²) >= 11 is 4.28. The minimum atomic E-state index is -4.43. The van der Waals surface area contributed by atoms with Gasteiger partial charge in [-0.3, -0.25) is 0 Å². The molecule has 3 nitrogen and oxygen atoms in total. The molecule has 1 aliphatic heterocycles. The van der Waals surface area contributed by atoms with Gasteiger partial charge >= 0.3 is 6.18 Å². The number of thiocarbonyl (C=S) groups is 1. The van der Waals surface area contributed by atoms with E-state index in [9.17, 15) is 13.2 Å². The Morgan fingerprint density at radius 2 is 1.91 bits per heavy atom. The summed E-state index contributed by atoms with van der Waals surface area (Å²) < 4.78 is 35.0. The number of aliphatic imine (C=N–C) groups is 2. The first kappa shape index (κ1) is 10.2. The molecule has 0 saturated carbocycles. The van der Waals surface area contributed by atoms with Crippen LogP contribution in [0.25, 0.3) is 0 Å². The molecule has 0 aromatic rings. The summed E-state index contributed by atoms with van der Waals surface area (Å²) in [6.07, 6.45) is -3.81. The molecule has 0 atom stereocenters. The molecule has 0 aliphatic carbocycles. The summed E-state index contributed by atoms with van der Waals surface area (Å²) in [4.78, 5) is 6.13. The van der Waals surface area contributed by atoms with E-state index in [-0.39, 0.29) is 11.3 Å². The molecule has 11 heavy (non-hydrogen) atoms. The molecule has 0 amide bonds. The van der Waals surface area contributed by atoms with Crippen LogP contribution < -0.4 is 6.15 Å². The van der Waals surface area contributed by atoms with Gasteiger partial charge in [-0.1, -0.05) is 0 Å². The van der Waals surface area contributed by atoms with Crippen LogP contribution in [0.3, 0.4) is 0 Å². The molecule has 62 valence electrons. The molecule has 0 bridgehead atoms. The van der Waals surface area contributed by atoms with Gasteiger partial charge in [0.05, 0.1) is 6.21 Å². The predicted octanol–water partition coefficient (Wildman–Crippen LogP) is 1.52. The number of alkyl halides is 3. The van der Waals surface area contributed by atoms with Crippen LogP contribution in [0.15, 0.2) is 9.98 Å². The quantitative estimate of drug-likeness (QED) is 0.579. The molecule has 1 aliphatic rings. The molecule has 7 heteroatoms. The molecule has 0 saturated heterocycles. The van der Waals surface area contributed by atoms with Crippen molar-refractivity contribution in [1.29, 1.82) is 0 Å². The summed E-state index contributed by atoms with van der Waals surface area (Å²) in [6.45, 7) is 0. The van der Waals surface area contributed by atoms with Crippen molar-refractivity contribution in [2.75, 3.05) is 0 Å². The summed E-state index contributed by atoms with van der Waals surface area (Å²) in [5.41, 5.74) is -1.03. The predicted molar refractivity (Wildman–Crippen MR) is 39.6 cm³/mol. The van der Waals surface area contributed by atoms with Gasteiger partial charge in [0.2, 0.25) is 5.11 Å². The molecule has 1 heterocycles. The Kier molecular flexibility index (Phi) is 2.83. The first-order valence-corrected chi connectivity index (χ1v) is 2.65. The fourth-order valence-electron chi connectivity index (χ4n) is 0.414. The van der Waals surface area contributed by atoms with E-state index >= 15 is 0 Å². The topological polar surface area (TPSA) is 59.7 Å². The van der Waals surface area contributed by atoms with Gasteiger partial charge in [-0.15, -0.1) is 0 Å². The number of hydrogen-bond donors (Lipinski definition) is 1. The Balaban J connectivity index is 0.000001000. The zero-order valence-corrected chi connectivity index (χ0v) is 6.04. The maximum absolute atomic E-state index is 11.7. The Hall–Kier alpha value is -0.820. The van der Waals surface area contributed by atoms with Gasteiger partial charge in [-0.25, -0.2) is 9.98 Å². The van der Waals surface area contributed by atoms with E-state index < -0.39 is 11.9 Å². The lowest BCUT2D eigenvalue weighted by molar-refractivity contribution is -0.0561. The van der Waals surface area contributed by atoms with Crippen molar-refractivity contribution in [2.24, 2.45) is 9.98 Å². The minimum absolute atomic E-state index is 0. The second kappa shape index (κ2) is 3.05. The summed E-state index contributed by atoms with van der Waals surface area (Å²) in [6, 6.07) is 0. The first-order valence-electron chi connectivity index (χ1n) is 2.24. The monoisotopic (exact) mass is 183 g/mol. The van der Waals surface area contributed by atoms with Gasteiger partial charge in [0.1, 0.15) is 0 Å². The van der Waals surface area contributed by atoms with Gasteiger partial charge in [-0.05, 0) is 12.2 Å². The minimum Gasteiger partial charge on any atom is -0.344 e. The lowest BCUT2D eigenvalue weighted by Gasteiger charge is -1.99. The highest BCUT2D eigenvalue weighted by Gasteiger charge is 2.36. The van der Waals surface area contributed by atoms with Gasteiger partial charge in [0, 0.05) is 0 Å². The van der Waals surface area contributed by atoms with E-state index in [1.54, 1.807) is 0 Å². The zero-order valence-electron chi connectivity index (χ0n) is 5.22. The van der Waals surface area contributed by atoms with Crippen molar-refractivity contribution in [1.82, 2.24) is 6.15 Å². The Morgan fingerprint density at radius 3 is 2.09 bits per heavy atom. The van der Waals surface area contributed by atoms with Crippen LogP contribution in [0.4, 0.5) is 13.2 Å². The molecular weight excluding hydrogens is 179 g/mol. The summed E-state index contributed by atoms with van der Waals surface area (Å²) in [7, 11) is 0. The first-order chi connectivity index (χ1) is 4.50. The van der Waals surface area contributed by atoms with E-state index in [0.29, 0.717) is 6.21 Å². The molecule has 0 radical (unpaired) electrons. The summed E-state index contributed by atoms with van der Waals surface area (Å²) in [5, 5.41) is -0.271. The number of halogens is 3. The second-order valence-electron chi connectivity index (χ2n) is 1.54. The van der Waals surface area contributed by atoms with Crippen LogP contribution in [0.2, 0.25) is 0 Å². The molecule has 0 aromatic carbocycles. The Morgan fingerprint density at radius 1 is 1.36 bits per heavy atom. The third-order valence-electron chi connectivity index (χ3n) is 0.804. The average Bonchev–Trinajstić information content (AvgIpc) is 2.11. The lowest BCUT2D eigenvalue weighted by Crippen LogP contribution is -2.22.